The third-order valence-corrected chi connectivity index (χ3v) is 3.36. The molecular weight excluding hydrogens is 290 g/mol. The molecule has 1 heterocycles. The van der Waals surface area contributed by atoms with Gasteiger partial charge in [0.05, 0.1) is 12.2 Å². The summed E-state index contributed by atoms with van der Waals surface area (Å²) < 4.78 is 10.7. The van der Waals surface area contributed by atoms with Crippen LogP contribution in [0.15, 0.2) is 24.3 Å². The fraction of sp³-hybridized carbons (Fsp3) is 0.357. The quantitative estimate of drug-likeness (QED) is 0.851. The Morgan fingerprint density at radius 1 is 1.24 bits per heavy atom. The molecule has 1 N–H and O–H groups in total. The molecule has 21 heavy (non-hydrogen) atoms. The van der Waals surface area contributed by atoms with Crippen molar-refractivity contribution in [2.75, 3.05) is 18.5 Å². The number of carbonyl (C=O) groups is 1. The van der Waals surface area contributed by atoms with Gasteiger partial charge >= 0.3 is 0 Å². The average molecular weight is 307 g/mol. The molecule has 0 unspecified atom stereocenters. The maximum atomic E-state index is 12.2. The maximum Gasteiger partial charge on any atom is 0.261 e. The average Bonchev–Trinajstić information content (AvgIpc) is 2.93. The lowest BCUT2D eigenvalue weighted by Crippen LogP contribution is -2.13. The number of carbonyl (C=O) groups excluding carboxylic acids is 1. The van der Waals surface area contributed by atoms with E-state index in [1.165, 1.54) is 11.3 Å². The number of anilines is 1. The molecule has 0 atom stereocenters. The van der Waals surface area contributed by atoms with Crippen LogP contribution in [0.2, 0.25) is 0 Å². The fourth-order valence-corrected chi connectivity index (χ4v) is 2.32. The number of nitrogens with zero attached hydrogens (tertiary/aromatic N) is 2. The zero-order valence-corrected chi connectivity index (χ0v) is 12.8. The molecule has 2 rings (SSSR count). The van der Waals surface area contributed by atoms with Gasteiger partial charge in [0.25, 0.3) is 5.91 Å². The molecule has 6 nitrogen and oxygen atoms in total. The lowest BCUT2D eigenvalue weighted by atomic mass is 10.2. The molecule has 0 spiro atoms. The molecule has 112 valence electrons. The Labute approximate surface area is 127 Å². The van der Waals surface area contributed by atoms with Gasteiger partial charge in [-0.25, -0.2) is 0 Å². The zero-order valence-electron chi connectivity index (χ0n) is 12.0. The molecule has 0 radical (unpaired) electrons. The number of benzene rings is 1. The number of amides is 1. The lowest BCUT2D eigenvalue weighted by molar-refractivity contribution is 0.102. The predicted octanol–water partition coefficient (Wildman–Crippen LogP) is 2.73. The molecule has 1 aromatic carbocycles. The summed E-state index contributed by atoms with van der Waals surface area (Å²) in [5.41, 5.74) is 0.473. The second-order valence-electron chi connectivity index (χ2n) is 4.02. The first kappa shape index (κ1) is 15.4. The zero-order chi connectivity index (χ0) is 15.1. The summed E-state index contributed by atoms with van der Waals surface area (Å²) in [5, 5.41) is 11.8. The fourth-order valence-electron chi connectivity index (χ4n) is 1.65. The molecule has 1 amide bonds. The SMILES string of the molecule is CCOCc1nnc(NC(=O)c2ccccc2OCC)s1. The van der Waals surface area contributed by atoms with Crippen LogP contribution < -0.4 is 10.1 Å². The first-order valence-corrected chi connectivity index (χ1v) is 7.49. The normalized spacial score (nSPS) is 10.4. The van der Waals surface area contributed by atoms with Crippen molar-refractivity contribution in [3.05, 3.63) is 34.8 Å². The van der Waals surface area contributed by atoms with Gasteiger partial charge in [-0.05, 0) is 26.0 Å². The number of para-hydroxylation sites is 1. The minimum absolute atomic E-state index is 0.266. The highest BCUT2D eigenvalue weighted by Gasteiger charge is 2.14. The largest absolute Gasteiger partial charge is 0.493 e. The number of rotatable bonds is 7. The van der Waals surface area contributed by atoms with Crippen LogP contribution in [0, 0.1) is 0 Å². The molecular formula is C14H17N3O3S. The van der Waals surface area contributed by atoms with Crippen molar-refractivity contribution in [3.63, 3.8) is 0 Å². The van der Waals surface area contributed by atoms with Gasteiger partial charge in [0.15, 0.2) is 0 Å². The van der Waals surface area contributed by atoms with Crippen molar-refractivity contribution in [2.24, 2.45) is 0 Å². The van der Waals surface area contributed by atoms with E-state index in [2.05, 4.69) is 15.5 Å². The number of ether oxygens (including phenoxy) is 2. The Bertz CT molecular complexity index is 601. The monoisotopic (exact) mass is 307 g/mol. The van der Waals surface area contributed by atoms with Gasteiger partial charge in [-0.15, -0.1) is 10.2 Å². The van der Waals surface area contributed by atoms with E-state index in [1.54, 1.807) is 18.2 Å². The van der Waals surface area contributed by atoms with E-state index in [0.717, 1.165) is 5.01 Å². The number of nitrogens with one attached hydrogen (secondary N) is 1. The van der Waals surface area contributed by atoms with Crippen LogP contribution in [-0.4, -0.2) is 29.3 Å². The van der Waals surface area contributed by atoms with Gasteiger partial charge in [0.1, 0.15) is 17.4 Å². The molecule has 1 aromatic heterocycles. The molecule has 0 aliphatic heterocycles. The van der Waals surface area contributed by atoms with Crippen LogP contribution >= 0.6 is 11.3 Å². The van der Waals surface area contributed by atoms with Crippen molar-refractivity contribution in [1.29, 1.82) is 0 Å². The smallest absolute Gasteiger partial charge is 0.261 e. The topological polar surface area (TPSA) is 73.3 Å². The standard InChI is InChI=1S/C14H17N3O3S/c1-3-19-9-12-16-17-14(21-12)15-13(18)10-7-5-6-8-11(10)20-4-2/h5-8H,3-4,9H2,1-2H3,(H,15,17,18). The Hall–Kier alpha value is -1.99. The predicted molar refractivity (Wildman–Crippen MR) is 80.8 cm³/mol. The lowest BCUT2D eigenvalue weighted by Gasteiger charge is -2.08. The van der Waals surface area contributed by atoms with E-state index in [-0.39, 0.29) is 5.91 Å². The maximum absolute atomic E-state index is 12.2. The van der Waals surface area contributed by atoms with Crippen molar-refractivity contribution < 1.29 is 14.3 Å². The van der Waals surface area contributed by atoms with Crippen molar-refractivity contribution in [3.8, 4) is 5.75 Å². The minimum Gasteiger partial charge on any atom is -0.493 e. The first-order valence-electron chi connectivity index (χ1n) is 6.67. The van der Waals surface area contributed by atoms with Crippen LogP contribution in [-0.2, 0) is 11.3 Å². The second-order valence-corrected chi connectivity index (χ2v) is 5.08. The van der Waals surface area contributed by atoms with Crippen LogP contribution in [0.5, 0.6) is 5.75 Å². The summed E-state index contributed by atoms with van der Waals surface area (Å²) >= 11 is 1.30. The first-order chi connectivity index (χ1) is 10.2. The van der Waals surface area contributed by atoms with E-state index in [4.69, 9.17) is 9.47 Å². The van der Waals surface area contributed by atoms with Crippen LogP contribution in [0.25, 0.3) is 0 Å². The minimum atomic E-state index is -0.266. The molecule has 0 aliphatic rings. The van der Waals surface area contributed by atoms with Crippen molar-refractivity contribution >= 4 is 22.4 Å². The van der Waals surface area contributed by atoms with Gasteiger partial charge in [-0.3, -0.25) is 10.1 Å². The number of aromatic nitrogens is 2. The summed E-state index contributed by atoms with van der Waals surface area (Å²) in [6, 6.07) is 7.09. The highest BCUT2D eigenvalue weighted by atomic mass is 32.1. The van der Waals surface area contributed by atoms with E-state index in [0.29, 0.717) is 36.3 Å². The Balaban J connectivity index is 2.05. The van der Waals surface area contributed by atoms with Crippen LogP contribution in [0.1, 0.15) is 29.2 Å². The summed E-state index contributed by atoms with van der Waals surface area (Å²) in [7, 11) is 0. The van der Waals surface area contributed by atoms with E-state index >= 15 is 0 Å². The Morgan fingerprint density at radius 2 is 2.05 bits per heavy atom. The Kier molecular flexibility index (Phi) is 5.65. The summed E-state index contributed by atoms with van der Waals surface area (Å²) in [4.78, 5) is 12.2. The molecule has 0 aliphatic carbocycles. The summed E-state index contributed by atoms with van der Waals surface area (Å²) in [6.07, 6.45) is 0. The van der Waals surface area contributed by atoms with Gasteiger partial charge in [-0.1, -0.05) is 23.5 Å². The van der Waals surface area contributed by atoms with Gasteiger partial charge in [-0.2, -0.15) is 0 Å². The Morgan fingerprint density at radius 3 is 2.81 bits per heavy atom. The summed E-state index contributed by atoms with van der Waals surface area (Å²) in [5.74, 6) is 0.287. The van der Waals surface area contributed by atoms with E-state index < -0.39 is 0 Å². The molecule has 0 bridgehead atoms. The molecule has 7 heteroatoms. The molecule has 0 fully saturated rings. The number of hydrogen-bond donors (Lipinski definition) is 1. The van der Waals surface area contributed by atoms with Gasteiger partial charge in [0.2, 0.25) is 5.13 Å². The van der Waals surface area contributed by atoms with Crippen LogP contribution in [0.4, 0.5) is 5.13 Å². The second kappa shape index (κ2) is 7.70. The molecule has 2 aromatic rings. The number of hydrogen-bond acceptors (Lipinski definition) is 6. The molecule has 0 saturated carbocycles. The van der Waals surface area contributed by atoms with E-state index in [1.807, 2.05) is 19.9 Å². The van der Waals surface area contributed by atoms with Crippen molar-refractivity contribution in [1.82, 2.24) is 10.2 Å². The third-order valence-electron chi connectivity index (χ3n) is 2.55. The summed E-state index contributed by atoms with van der Waals surface area (Å²) in [6.45, 7) is 5.30. The van der Waals surface area contributed by atoms with Crippen molar-refractivity contribution in [2.45, 2.75) is 20.5 Å². The highest BCUT2D eigenvalue weighted by Crippen LogP contribution is 2.21. The van der Waals surface area contributed by atoms with Gasteiger partial charge < -0.3 is 9.47 Å². The van der Waals surface area contributed by atoms with Crippen LogP contribution in [0.3, 0.4) is 0 Å². The highest BCUT2D eigenvalue weighted by molar-refractivity contribution is 7.15. The van der Waals surface area contributed by atoms with E-state index in [9.17, 15) is 4.79 Å². The van der Waals surface area contributed by atoms with Gasteiger partial charge in [0, 0.05) is 6.61 Å². The third kappa shape index (κ3) is 4.24. The molecule has 0 saturated heterocycles.